The fourth-order valence-corrected chi connectivity index (χ4v) is 2.45. The molecule has 90 valence electrons. The smallest absolute Gasteiger partial charge is 0.170 e. The number of fused-ring (bicyclic) bond motifs is 1. The number of nitrogens with one attached hydrogen (secondary N) is 1. The largest absolute Gasteiger partial charge is 0.372 e. The van der Waals surface area contributed by atoms with Gasteiger partial charge in [-0.15, -0.1) is 0 Å². The van der Waals surface area contributed by atoms with Crippen LogP contribution in [0.2, 0.25) is 0 Å². The Morgan fingerprint density at radius 3 is 2.94 bits per heavy atom. The first-order valence-corrected chi connectivity index (χ1v) is 6.29. The number of hydrogen-bond acceptors (Lipinski definition) is 5. The normalized spacial score (nSPS) is 10.7. The quantitative estimate of drug-likeness (QED) is 0.780. The highest BCUT2D eigenvalue weighted by Crippen LogP contribution is 2.28. The first-order chi connectivity index (χ1) is 8.86. The van der Waals surface area contributed by atoms with Crippen molar-refractivity contribution in [3.63, 3.8) is 0 Å². The zero-order chi connectivity index (χ0) is 12.4. The Bertz CT molecular complexity index is 665. The van der Waals surface area contributed by atoms with Gasteiger partial charge in [-0.1, -0.05) is 6.07 Å². The summed E-state index contributed by atoms with van der Waals surface area (Å²) in [6.07, 6.45) is 7.34. The van der Waals surface area contributed by atoms with E-state index in [1.165, 1.54) is 11.8 Å². The van der Waals surface area contributed by atoms with E-state index in [-0.39, 0.29) is 0 Å². The van der Waals surface area contributed by atoms with Gasteiger partial charge in [-0.3, -0.25) is 0 Å². The summed E-state index contributed by atoms with van der Waals surface area (Å²) >= 11 is 1.51. The van der Waals surface area contributed by atoms with Crippen molar-refractivity contribution in [3.05, 3.63) is 43.0 Å². The van der Waals surface area contributed by atoms with Crippen LogP contribution in [0.15, 0.2) is 53.0 Å². The van der Waals surface area contributed by atoms with Gasteiger partial charge in [0.15, 0.2) is 5.65 Å². The van der Waals surface area contributed by atoms with Crippen LogP contribution < -0.4 is 5.32 Å². The third-order valence-corrected chi connectivity index (χ3v) is 3.36. The van der Waals surface area contributed by atoms with E-state index in [4.69, 9.17) is 0 Å². The maximum absolute atomic E-state index is 4.52. The van der Waals surface area contributed by atoms with Gasteiger partial charge in [0.25, 0.3) is 0 Å². The van der Waals surface area contributed by atoms with Gasteiger partial charge in [0, 0.05) is 25.6 Å². The Labute approximate surface area is 108 Å². The van der Waals surface area contributed by atoms with Crippen molar-refractivity contribution in [2.45, 2.75) is 10.1 Å². The number of imidazole rings is 1. The molecular formula is C12H11N5S. The average Bonchev–Trinajstić information content (AvgIpc) is 2.88. The first-order valence-electron chi connectivity index (χ1n) is 5.47. The van der Waals surface area contributed by atoms with Crippen molar-refractivity contribution in [2.24, 2.45) is 0 Å². The molecule has 0 aliphatic rings. The average molecular weight is 257 g/mol. The molecule has 0 radical (unpaired) electrons. The summed E-state index contributed by atoms with van der Waals surface area (Å²) in [5.74, 6) is 0.805. The third kappa shape index (κ3) is 2.02. The molecule has 0 aliphatic heterocycles. The molecule has 0 amide bonds. The van der Waals surface area contributed by atoms with Gasteiger partial charge in [0.05, 0.1) is 6.20 Å². The Kier molecular flexibility index (Phi) is 2.85. The van der Waals surface area contributed by atoms with Gasteiger partial charge in [-0.05, 0) is 23.9 Å². The monoisotopic (exact) mass is 257 g/mol. The van der Waals surface area contributed by atoms with Gasteiger partial charge in [0.2, 0.25) is 0 Å². The van der Waals surface area contributed by atoms with Crippen LogP contribution in [-0.4, -0.2) is 26.4 Å². The molecular weight excluding hydrogens is 246 g/mol. The standard InChI is InChI=1S/C12H11N5S/c1-13-9-8-17-7-6-15-11(17)12(16-9)18-10-4-2-3-5-14-10/h2-8,13H,1H3. The van der Waals surface area contributed by atoms with Gasteiger partial charge >= 0.3 is 0 Å². The number of anilines is 1. The fraction of sp³-hybridized carbons (Fsp3) is 0.0833. The molecule has 3 rings (SSSR count). The second-order valence-electron chi connectivity index (χ2n) is 3.61. The van der Waals surface area contributed by atoms with Crippen LogP contribution in [0.1, 0.15) is 0 Å². The molecule has 0 spiro atoms. The molecule has 5 nitrogen and oxygen atoms in total. The molecule has 18 heavy (non-hydrogen) atoms. The third-order valence-electron chi connectivity index (χ3n) is 2.44. The number of nitrogens with zero attached hydrogens (tertiary/aromatic N) is 4. The summed E-state index contributed by atoms with van der Waals surface area (Å²) in [6, 6.07) is 5.81. The minimum absolute atomic E-state index is 0.805. The summed E-state index contributed by atoms with van der Waals surface area (Å²) in [4.78, 5) is 13.1. The second-order valence-corrected chi connectivity index (χ2v) is 4.62. The summed E-state index contributed by atoms with van der Waals surface area (Å²) in [5.41, 5.74) is 0.838. The molecule has 0 fully saturated rings. The number of aromatic nitrogens is 4. The summed E-state index contributed by atoms with van der Waals surface area (Å²) in [6.45, 7) is 0. The van der Waals surface area contributed by atoms with Crippen LogP contribution in [0.5, 0.6) is 0 Å². The number of pyridine rings is 1. The summed E-state index contributed by atoms with van der Waals surface area (Å²) < 4.78 is 1.95. The van der Waals surface area contributed by atoms with Crippen LogP contribution in [0.25, 0.3) is 5.65 Å². The molecule has 0 aromatic carbocycles. The molecule has 0 aliphatic carbocycles. The Balaban J connectivity index is 2.07. The zero-order valence-electron chi connectivity index (χ0n) is 9.74. The zero-order valence-corrected chi connectivity index (χ0v) is 10.6. The lowest BCUT2D eigenvalue weighted by Crippen LogP contribution is -1.98. The lowest BCUT2D eigenvalue weighted by molar-refractivity contribution is 1.02. The SMILES string of the molecule is CNc1cn2ccnc2c(Sc2ccccn2)n1. The van der Waals surface area contributed by atoms with Crippen LogP contribution in [0.4, 0.5) is 5.82 Å². The van der Waals surface area contributed by atoms with Crippen molar-refractivity contribution in [2.75, 3.05) is 12.4 Å². The van der Waals surface area contributed by atoms with Crippen LogP contribution in [0.3, 0.4) is 0 Å². The molecule has 0 unspecified atom stereocenters. The van der Waals surface area contributed by atoms with E-state index in [9.17, 15) is 0 Å². The van der Waals surface area contributed by atoms with E-state index in [2.05, 4.69) is 20.3 Å². The number of hydrogen-bond donors (Lipinski definition) is 1. The van der Waals surface area contributed by atoms with Crippen LogP contribution in [0, 0.1) is 0 Å². The Hall–Kier alpha value is -2.08. The van der Waals surface area contributed by atoms with Crippen LogP contribution >= 0.6 is 11.8 Å². The maximum Gasteiger partial charge on any atom is 0.170 e. The lowest BCUT2D eigenvalue weighted by Gasteiger charge is -2.05. The first kappa shape index (κ1) is 11.0. The van der Waals surface area contributed by atoms with Crippen molar-refractivity contribution in [1.82, 2.24) is 19.4 Å². The van der Waals surface area contributed by atoms with Crippen LogP contribution in [-0.2, 0) is 0 Å². The minimum Gasteiger partial charge on any atom is -0.372 e. The molecule has 0 saturated carbocycles. The Morgan fingerprint density at radius 1 is 1.22 bits per heavy atom. The molecule has 6 heteroatoms. The minimum atomic E-state index is 0.805. The van der Waals surface area contributed by atoms with E-state index < -0.39 is 0 Å². The predicted molar refractivity (Wildman–Crippen MR) is 70.9 cm³/mol. The van der Waals surface area contributed by atoms with Gasteiger partial charge in [-0.25, -0.2) is 15.0 Å². The number of rotatable bonds is 3. The maximum atomic E-state index is 4.52. The Morgan fingerprint density at radius 2 is 2.17 bits per heavy atom. The predicted octanol–water partition coefficient (Wildman–Crippen LogP) is 2.32. The van der Waals surface area contributed by atoms with Crippen molar-refractivity contribution >= 4 is 23.2 Å². The molecule has 3 heterocycles. The molecule has 0 bridgehead atoms. The molecule has 0 atom stereocenters. The fourth-order valence-electron chi connectivity index (χ4n) is 1.60. The molecule has 3 aromatic rings. The molecule has 3 aromatic heterocycles. The highest BCUT2D eigenvalue weighted by molar-refractivity contribution is 7.99. The topological polar surface area (TPSA) is 55.1 Å². The van der Waals surface area contributed by atoms with Gasteiger partial charge in [-0.2, -0.15) is 0 Å². The second kappa shape index (κ2) is 4.66. The van der Waals surface area contributed by atoms with Crippen molar-refractivity contribution < 1.29 is 0 Å². The van der Waals surface area contributed by atoms with Gasteiger partial charge in [0.1, 0.15) is 15.9 Å². The highest BCUT2D eigenvalue weighted by Gasteiger charge is 2.09. The lowest BCUT2D eigenvalue weighted by atomic mass is 10.5. The van der Waals surface area contributed by atoms with E-state index in [1.54, 1.807) is 12.4 Å². The van der Waals surface area contributed by atoms with Crippen molar-refractivity contribution in [3.8, 4) is 0 Å². The van der Waals surface area contributed by atoms with E-state index in [0.717, 1.165) is 21.5 Å². The van der Waals surface area contributed by atoms with E-state index in [1.807, 2.05) is 42.0 Å². The van der Waals surface area contributed by atoms with Crippen molar-refractivity contribution in [1.29, 1.82) is 0 Å². The summed E-state index contributed by atoms with van der Waals surface area (Å²) in [5, 5.41) is 4.79. The summed E-state index contributed by atoms with van der Waals surface area (Å²) in [7, 11) is 1.85. The molecule has 1 N–H and O–H groups in total. The van der Waals surface area contributed by atoms with E-state index >= 15 is 0 Å². The van der Waals surface area contributed by atoms with Gasteiger partial charge < -0.3 is 9.72 Å². The van der Waals surface area contributed by atoms with E-state index in [0.29, 0.717) is 0 Å². The highest BCUT2D eigenvalue weighted by atomic mass is 32.2. The molecule has 0 saturated heterocycles.